The lowest BCUT2D eigenvalue weighted by Gasteiger charge is -2.12. The Kier molecular flexibility index (Phi) is 17.1. The van der Waals surface area contributed by atoms with Gasteiger partial charge in [0.15, 0.2) is 0 Å². The van der Waals surface area contributed by atoms with Crippen molar-refractivity contribution in [2.45, 2.75) is 61.3 Å². The van der Waals surface area contributed by atoms with Crippen LogP contribution in [0, 0.1) is 27.7 Å². The molecule has 8 rings (SSSR count). The van der Waals surface area contributed by atoms with Gasteiger partial charge in [0.05, 0.1) is 41.1 Å². The molecule has 0 unspecified atom stereocenters. The van der Waals surface area contributed by atoms with Crippen LogP contribution in [0.5, 0.6) is 0 Å². The van der Waals surface area contributed by atoms with E-state index in [2.05, 4.69) is 35.5 Å². The Morgan fingerprint density at radius 2 is 1.14 bits per heavy atom. The minimum Gasteiger partial charge on any atom is -0.478 e. The fraction of sp³-hybridized carbons (Fsp3) is 0.200. The third-order valence-electron chi connectivity index (χ3n) is 9.60. The highest BCUT2D eigenvalue weighted by molar-refractivity contribution is 6.31. The predicted molar refractivity (Wildman–Crippen MR) is 252 cm³/mol. The van der Waals surface area contributed by atoms with E-state index in [1.807, 2.05) is 76.5 Å². The zero-order valence-corrected chi connectivity index (χ0v) is 36.6. The molecule has 0 spiro atoms. The Labute approximate surface area is 381 Å². The molecule has 0 atom stereocenters. The van der Waals surface area contributed by atoms with Crippen molar-refractivity contribution in [3.8, 4) is 0 Å². The van der Waals surface area contributed by atoms with Crippen LogP contribution >= 0.6 is 35.6 Å². The van der Waals surface area contributed by atoms with Crippen molar-refractivity contribution in [3.05, 3.63) is 164 Å². The smallest absolute Gasteiger partial charge is 0.335 e. The van der Waals surface area contributed by atoms with Crippen LogP contribution in [0.15, 0.2) is 97.6 Å². The van der Waals surface area contributed by atoms with E-state index in [4.69, 9.17) is 45.5 Å². The number of nitrogens with zero attached hydrogens (tertiary/aromatic N) is 8. The summed E-state index contributed by atoms with van der Waals surface area (Å²) in [6.45, 7) is 9.53. The summed E-state index contributed by atoms with van der Waals surface area (Å²) in [6, 6.07) is 21.1. The number of benzene rings is 2. The topological polar surface area (TPSA) is 232 Å². The van der Waals surface area contributed by atoms with Crippen molar-refractivity contribution in [2.24, 2.45) is 5.73 Å². The summed E-state index contributed by atoms with van der Waals surface area (Å²) >= 11 is 12.0. The highest BCUT2D eigenvalue weighted by Crippen LogP contribution is 2.20. The van der Waals surface area contributed by atoms with Gasteiger partial charge in [-0.3, -0.25) is 24.1 Å². The summed E-state index contributed by atoms with van der Waals surface area (Å²) in [4.78, 5) is 40.5. The highest BCUT2D eigenvalue weighted by Gasteiger charge is 2.12. The maximum atomic E-state index is 12.7. The van der Waals surface area contributed by atoms with Crippen LogP contribution in [-0.4, -0.2) is 56.5 Å². The van der Waals surface area contributed by atoms with Crippen LogP contribution in [0.3, 0.4) is 0 Å². The molecule has 0 aliphatic carbocycles. The molecule has 1 amide bonds. The average Bonchev–Trinajstić information content (AvgIpc) is 3.79. The quantitative estimate of drug-likeness (QED) is 0.0921. The number of hydrogen-bond acceptors (Lipinski definition) is 11. The van der Waals surface area contributed by atoms with Crippen LogP contribution in [-0.2, 0) is 26.2 Å². The number of aromatic carboxylic acids is 1. The number of rotatable bonds is 9. The Morgan fingerprint density at radius 1 is 0.683 bits per heavy atom. The number of carboxylic acids is 1. The number of nitrogens with two attached hydrogens (primary N) is 3. The van der Waals surface area contributed by atoms with E-state index >= 15 is 0 Å². The fourth-order valence-corrected chi connectivity index (χ4v) is 6.98. The lowest BCUT2D eigenvalue weighted by Crippen LogP contribution is -2.24. The zero-order chi connectivity index (χ0) is 43.8. The van der Waals surface area contributed by atoms with Crippen molar-refractivity contribution in [3.63, 3.8) is 0 Å². The van der Waals surface area contributed by atoms with E-state index in [1.165, 1.54) is 12.3 Å². The Bertz CT molecular complexity index is 2830. The second-order valence-electron chi connectivity index (χ2n) is 14.2. The van der Waals surface area contributed by atoms with Gasteiger partial charge >= 0.3 is 5.97 Å². The zero-order valence-electron chi connectivity index (χ0n) is 34.3. The Balaban J connectivity index is 0.000000227. The maximum absolute atomic E-state index is 12.7. The van der Waals surface area contributed by atoms with Gasteiger partial charge in [-0.25, -0.2) is 14.8 Å². The highest BCUT2D eigenvalue weighted by atomic mass is 35.5. The standard InChI is InChI=1S/C22H21ClN6O.C14H10ClN3O2.C8H13N3.CH4.ClH/c1-13-7-21(24)27-14(2)19(13)10-26-22(30)15-5-6-25-18(9-15)12-29-11-16-8-17(23)3-4-20(16)28-29;15-11-1-2-13-10(5-11)7-18(17-13)8-12-6-9(14(19)20)3-4-16-12;1-5-3-8(10)11-6(2)7(5)4-9;;/h3-9,11H,10,12H2,1-2H3,(H2,24,27)(H,26,30);1-7H,8H2,(H,19,20);3H,4,9H2,1-2H3,(H2,10,11);1H4;1H. The molecule has 6 heterocycles. The second-order valence-corrected chi connectivity index (χ2v) is 15.1. The Morgan fingerprint density at radius 3 is 1.60 bits per heavy atom. The van der Waals surface area contributed by atoms with Gasteiger partial charge in [0.1, 0.15) is 11.6 Å². The van der Waals surface area contributed by atoms with E-state index in [1.54, 1.807) is 45.9 Å². The lowest BCUT2D eigenvalue weighted by molar-refractivity contribution is 0.0696. The largest absolute Gasteiger partial charge is 0.478 e. The minimum absolute atomic E-state index is 0. The first kappa shape index (κ1) is 49.0. The molecule has 6 aromatic heterocycles. The summed E-state index contributed by atoms with van der Waals surface area (Å²) in [5.74, 6) is -0.0950. The van der Waals surface area contributed by atoms with Gasteiger partial charge in [-0.15, -0.1) is 12.4 Å². The van der Waals surface area contributed by atoms with E-state index in [-0.39, 0.29) is 31.3 Å². The average molecular weight is 912 g/mol. The summed E-state index contributed by atoms with van der Waals surface area (Å²) < 4.78 is 3.51. The first-order chi connectivity index (χ1) is 29.1. The molecule has 0 saturated heterocycles. The number of anilines is 2. The van der Waals surface area contributed by atoms with Gasteiger partial charge in [-0.05, 0) is 123 Å². The van der Waals surface area contributed by atoms with Crippen molar-refractivity contribution in [1.82, 2.24) is 44.8 Å². The lowest BCUT2D eigenvalue weighted by atomic mass is 10.1. The number of pyridine rings is 4. The number of halogens is 3. The van der Waals surface area contributed by atoms with Gasteiger partial charge in [0.2, 0.25) is 0 Å². The van der Waals surface area contributed by atoms with Crippen LogP contribution in [0.2, 0.25) is 10.0 Å². The summed E-state index contributed by atoms with van der Waals surface area (Å²) in [6.07, 6.45) is 6.89. The SMILES string of the molecule is C.Cc1cc(N)nc(C)c1CN.Cc1cc(N)nc(C)c1CNC(=O)c1ccnc(Cn2cc3cc(Cl)ccc3n2)c1.Cl.O=C(O)c1ccnc(Cn2cc3cc(Cl)ccc3n2)c1. The second kappa shape index (κ2) is 21.9. The van der Waals surface area contributed by atoms with Gasteiger partial charge in [-0.1, -0.05) is 30.6 Å². The monoisotopic (exact) mass is 910 g/mol. The number of aromatic nitrogens is 8. The van der Waals surface area contributed by atoms with Crippen LogP contribution in [0.4, 0.5) is 11.6 Å². The van der Waals surface area contributed by atoms with Crippen molar-refractivity contribution < 1.29 is 14.7 Å². The molecular formula is C45H49Cl3N12O3. The first-order valence-electron chi connectivity index (χ1n) is 19.0. The van der Waals surface area contributed by atoms with Gasteiger partial charge in [-0.2, -0.15) is 10.2 Å². The van der Waals surface area contributed by atoms with E-state index in [9.17, 15) is 9.59 Å². The number of fused-ring (bicyclic) bond motifs is 2. The third-order valence-corrected chi connectivity index (χ3v) is 10.1. The number of carbonyl (C=O) groups is 2. The number of hydrogen-bond donors (Lipinski definition) is 5. The molecule has 0 saturated carbocycles. The molecular weight excluding hydrogens is 863 g/mol. The molecule has 0 bridgehead atoms. The number of nitrogens with one attached hydrogen (secondary N) is 1. The number of nitrogen functional groups attached to an aromatic ring is 2. The van der Waals surface area contributed by atoms with Crippen LogP contribution in [0.25, 0.3) is 21.8 Å². The minimum atomic E-state index is -0.967. The molecule has 2 aromatic carbocycles. The fourth-order valence-electron chi connectivity index (χ4n) is 6.61. The van der Waals surface area contributed by atoms with Crippen molar-refractivity contribution in [1.29, 1.82) is 0 Å². The molecule has 0 radical (unpaired) electrons. The van der Waals surface area contributed by atoms with Crippen molar-refractivity contribution >= 4 is 80.9 Å². The molecule has 15 nitrogen and oxygen atoms in total. The number of amides is 1. The van der Waals surface area contributed by atoms with E-state index in [0.29, 0.717) is 59.1 Å². The maximum Gasteiger partial charge on any atom is 0.335 e. The molecule has 0 fully saturated rings. The van der Waals surface area contributed by atoms with E-state index < -0.39 is 5.97 Å². The van der Waals surface area contributed by atoms with Gasteiger partial charge in [0, 0.05) is 75.6 Å². The summed E-state index contributed by atoms with van der Waals surface area (Å²) in [5, 5.41) is 24.0. The van der Waals surface area contributed by atoms with Crippen LogP contribution in [0.1, 0.15) is 73.2 Å². The Hall–Kier alpha value is -6.65. The number of aryl methyl sites for hydroxylation is 4. The van der Waals surface area contributed by atoms with Crippen LogP contribution < -0.4 is 22.5 Å². The first-order valence-corrected chi connectivity index (χ1v) is 19.7. The summed E-state index contributed by atoms with van der Waals surface area (Å²) in [7, 11) is 0. The molecule has 18 heteroatoms. The normalized spacial score (nSPS) is 10.5. The van der Waals surface area contributed by atoms with Crippen molar-refractivity contribution in [2.75, 3.05) is 11.5 Å². The molecule has 328 valence electrons. The molecule has 0 aliphatic heterocycles. The molecule has 8 aromatic rings. The molecule has 63 heavy (non-hydrogen) atoms. The molecule has 8 N–H and O–H groups in total. The predicted octanol–water partition coefficient (Wildman–Crippen LogP) is 8.29. The third kappa shape index (κ3) is 12.9. The number of carboxylic acid groups (broad SMARTS) is 1. The molecule has 0 aliphatic rings. The number of carbonyl (C=O) groups excluding carboxylic acids is 1. The summed E-state index contributed by atoms with van der Waals surface area (Å²) in [5.41, 5.74) is 26.6. The van der Waals surface area contributed by atoms with E-state index in [0.717, 1.165) is 61.1 Å². The van der Waals surface area contributed by atoms with Gasteiger partial charge < -0.3 is 27.6 Å². The van der Waals surface area contributed by atoms with Gasteiger partial charge in [0.25, 0.3) is 5.91 Å².